The Morgan fingerprint density at radius 3 is 1.09 bits per heavy atom. The first-order chi connectivity index (χ1) is 26.2. The van der Waals surface area contributed by atoms with Crippen LogP contribution in [0.4, 0.5) is 11.4 Å². The van der Waals surface area contributed by atoms with Crippen LogP contribution < -0.4 is 31.1 Å². The SMILES string of the molecule is CCCN(CCC)c1cc2nc(c1)C(=O)NC[C@H]1CC[C@H](CC1)CNC(=O)c1cc(N(CCC)CCC)cc(n1)C(=O)NCc1ccc(cc1)CNC2=O. The zero-order chi connectivity index (χ0) is 38.5. The molecule has 8 rings (SSSR count). The molecule has 6 heterocycles. The number of amides is 4. The second kappa shape index (κ2) is 19.9. The summed E-state index contributed by atoms with van der Waals surface area (Å²) in [5.74, 6) is -0.682. The van der Waals surface area contributed by atoms with Crippen LogP contribution in [0.3, 0.4) is 0 Å². The highest BCUT2D eigenvalue weighted by atomic mass is 16.2. The topological polar surface area (TPSA) is 149 Å². The van der Waals surface area contributed by atoms with E-state index >= 15 is 0 Å². The van der Waals surface area contributed by atoms with Crippen molar-refractivity contribution in [2.45, 2.75) is 92.2 Å². The van der Waals surface area contributed by atoms with Crippen molar-refractivity contribution in [3.8, 4) is 0 Å². The molecule has 0 radical (unpaired) electrons. The number of rotatable bonds is 10. The van der Waals surface area contributed by atoms with Crippen LogP contribution in [0.15, 0.2) is 48.5 Å². The van der Waals surface area contributed by atoms with Crippen molar-refractivity contribution in [1.29, 1.82) is 0 Å². The number of carbonyl (C=O) groups excluding carboxylic acids is 4. The fraction of sp³-hybridized carbons (Fsp3) is 0.524. The first-order valence-corrected chi connectivity index (χ1v) is 20.0. The summed E-state index contributed by atoms with van der Waals surface area (Å²) in [6.45, 7) is 13.2. The van der Waals surface area contributed by atoms with Crippen molar-refractivity contribution < 1.29 is 19.2 Å². The lowest BCUT2D eigenvalue weighted by Crippen LogP contribution is -2.36. The summed E-state index contributed by atoms with van der Waals surface area (Å²) in [4.78, 5) is 67.6. The van der Waals surface area contributed by atoms with Gasteiger partial charge in [-0.25, -0.2) is 9.97 Å². The first kappa shape index (κ1) is 40.2. The molecule has 1 aliphatic carbocycles. The van der Waals surface area contributed by atoms with Gasteiger partial charge in [0.05, 0.1) is 0 Å². The van der Waals surface area contributed by atoms with E-state index in [0.29, 0.717) is 24.9 Å². The van der Waals surface area contributed by atoms with Gasteiger partial charge in [0.1, 0.15) is 22.8 Å². The number of aromatic nitrogens is 2. The third-order valence-corrected chi connectivity index (χ3v) is 10.3. The van der Waals surface area contributed by atoms with Crippen LogP contribution in [-0.2, 0) is 13.1 Å². The Labute approximate surface area is 320 Å². The molecule has 12 nitrogen and oxygen atoms in total. The van der Waals surface area contributed by atoms with Gasteiger partial charge in [-0.1, -0.05) is 52.0 Å². The van der Waals surface area contributed by atoms with E-state index in [9.17, 15) is 19.2 Å². The van der Waals surface area contributed by atoms with Crippen molar-refractivity contribution >= 4 is 35.0 Å². The van der Waals surface area contributed by atoms with E-state index in [2.05, 4.69) is 68.7 Å². The molecule has 3 aromatic rings. The minimum atomic E-state index is -0.354. The Kier molecular flexibility index (Phi) is 14.8. The van der Waals surface area contributed by atoms with E-state index in [4.69, 9.17) is 0 Å². The zero-order valence-corrected chi connectivity index (χ0v) is 32.5. The monoisotopic (exact) mass is 738 g/mol. The molecule has 2 aromatic heterocycles. The number of pyridine rings is 2. The lowest BCUT2D eigenvalue weighted by atomic mass is 9.82. The normalized spacial score (nSPS) is 18.4. The second-order valence-corrected chi connectivity index (χ2v) is 14.7. The number of anilines is 2. The summed E-state index contributed by atoms with van der Waals surface area (Å²) in [5, 5.41) is 12.2. The van der Waals surface area contributed by atoms with E-state index in [1.165, 1.54) is 0 Å². The number of carbonyl (C=O) groups is 4. The van der Waals surface area contributed by atoms with Crippen LogP contribution in [0.2, 0.25) is 0 Å². The highest BCUT2D eigenvalue weighted by molar-refractivity contribution is 5.98. The van der Waals surface area contributed by atoms with Gasteiger partial charge in [-0.05, 0) is 98.6 Å². The molecule has 5 aliphatic rings. The van der Waals surface area contributed by atoms with Crippen molar-refractivity contribution in [2.24, 2.45) is 11.8 Å². The molecule has 0 unspecified atom stereocenters. The summed E-state index contributed by atoms with van der Waals surface area (Å²) in [7, 11) is 0. The summed E-state index contributed by atoms with van der Waals surface area (Å²) >= 11 is 0. The van der Waals surface area contributed by atoms with Crippen molar-refractivity contribution in [3.05, 3.63) is 82.4 Å². The molecule has 1 fully saturated rings. The molecule has 0 spiro atoms. The van der Waals surface area contributed by atoms with Crippen LogP contribution in [-0.4, -0.2) is 72.9 Å². The van der Waals surface area contributed by atoms with Crippen molar-refractivity contribution in [1.82, 2.24) is 31.2 Å². The average molecular weight is 739 g/mol. The quantitative estimate of drug-likeness (QED) is 0.202. The Hall–Kier alpha value is -5.00. The van der Waals surface area contributed by atoms with Gasteiger partial charge >= 0.3 is 0 Å². The van der Waals surface area contributed by atoms with Gasteiger partial charge in [-0.2, -0.15) is 0 Å². The standard InChI is InChI=1S/C42H58N8O4/c1-5-17-49(18-6-2)33-21-35-39(51)43-25-29-9-13-31(14-10-29)27-45-41(53)37-23-34(50(19-7-3)20-8-4)24-38(48-37)42(54)46-28-32-15-11-30(12-16-32)26-44-40(52)36(22-33)47-35/h9-10,13-14,21-24,30,32H,5-8,11-12,15-20,25-28H2,1-4H3,(H,43,51)(H,44,52)(H,45,53)(H,46,54)/t30-,32+. The lowest BCUT2D eigenvalue weighted by Gasteiger charge is -2.29. The van der Waals surface area contributed by atoms with Gasteiger partial charge in [0.2, 0.25) is 0 Å². The van der Waals surface area contributed by atoms with Gasteiger partial charge in [-0.15, -0.1) is 0 Å². The number of hydrogen-bond donors (Lipinski definition) is 4. The number of benzene rings is 1. The second-order valence-electron chi connectivity index (χ2n) is 14.7. The summed E-state index contributed by atoms with van der Waals surface area (Å²) in [6, 6.07) is 14.8. The molecule has 4 amide bonds. The maximum Gasteiger partial charge on any atom is 0.270 e. The molecule has 4 N–H and O–H groups in total. The zero-order valence-electron chi connectivity index (χ0n) is 32.5. The minimum Gasteiger partial charge on any atom is -0.371 e. The molecule has 54 heavy (non-hydrogen) atoms. The Bertz CT molecular complexity index is 1600. The van der Waals surface area contributed by atoms with Crippen molar-refractivity contribution in [2.75, 3.05) is 49.1 Å². The third-order valence-electron chi connectivity index (χ3n) is 10.3. The number of nitrogens with zero attached hydrogens (tertiary/aromatic N) is 4. The highest BCUT2D eigenvalue weighted by Gasteiger charge is 2.25. The van der Waals surface area contributed by atoms with E-state index in [0.717, 1.165) is 100 Å². The van der Waals surface area contributed by atoms with Crippen LogP contribution in [0.25, 0.3) is 0 Å². The van der Waals surface area contributed by atoms with E-state index in [1.807, 2.05) is 24.3 Å². The molecule has 290 valence electrons. The largest absolute Gasteiger partial charge is 0.371 e. The summed E-state index contributed by atoms with van der Waals surface area (Å²) in [6.07, 6.45) is 7.40. The van der Waals surface area contributed by atoms with Crippen LogP contribution in [0.1, 0.15) is 132 Å². The lowest BCUT2D eigenvalue weighted by molar-refractivity contribution is 0.0912. The Morgan fingerprint density at radius 1 is 0.500 bits per heavy atom. The molecule has 1 saturated carbocycles. The molecular weight excluding hydrogens is 681 g/mol. The molecule has 8 bridgehead atoms. The first-order valence-electron chi connectivity index (χ1n) is 20.0. The van der Waals surface area contributed by atoms with Gasteiger partial charge in [0.25, 0.3) is 23.6 Å². The smallest absolute Gasteiger partial charge is 0.270 e. The molecule has 12 heteroatoms. The fourth-order valence-corrected chi connectivity index (χ4v) is 7.30. The van der Waals surface area contributed by atoms with Gasteiger partial charge in [0, 0.05) is 63.7 Å². The van der Waals surface area contributed by atoms with Crippen LogP contribution in [0, 0.1) is 11.8 Å². The van der Waals surface area contributed by atoms with Gasteiger partial charge in [0.15, 0.2) is 0 Å². The van der Waals surface area contributed by atoms with Gasteiger partial charge < -0.3 is 31.1 Å². The van der Waals surface area contributed by atoms with Crippen molar-refractivity contribution in [3.63, 3.8) is 0 Å². The molecule has 0 saturated heterocycles. The van der Waals surface area contributed by atoms with E-state index in [1.54, 1.807) is 24.3 Å². The maximum absolute atomic E-state index is 13.6. The predicted molar refractivity (Wildman–Crippen MR) is 213 cm³/mol. The predicted octanol–water partition coefficient (Wildman–Crippen LogP) is 5.87. The van der Waals surface area contributed by atoms with E-state index < -0.39 is 0 Å². The Morgan fingerprint density at radius 2 is 0.796 bits per heavy atom. The van der Waals surface area contributed by atoms with Crippen LogP contribution in [0.5, 0.6) is 0 Å². The molecule has 4 aliphatic heterocycles. The van der Waals surface area contributed by atoms with Gasteiger partial charge in [-0.3, -0.25) is 19.2 Å². The molecular formula is C42H58N8O4. The maximum atomic E-state index is 13.6. The van der Waals surface area contributed by atoms with E-state index in [-0.39, 0.29) is 59.5 Å². The number of hydrogen-bond acceptors (Lipinski definition) is 8. The minimum absolute atomic E-state index is 0.200. The van der Waals surface area contributed by atoms with Crippen LogP contribution >= 0.6 is 0 Å². The number of nitrogens with one attached hydrogen (secondary N) is 4. The average Bonchev–Trinajstić information content (AvgIpc) is 3.20. The fourth-order valence-electron chi connectivity index (χ4n) is 7.30. The Balaban J connectivity index is 1.41. The molecule has 1 aromatic carbocycles. The highest BCUT2D eigenvalue weighted by Crippen LogP contribution is 2.28. The third kappa shape index (κ3) is 11.0. The molecule has 0 atom stereocenters. The summed E-state index contributed by atoms with van der Waals surface area (Å²) in [5.41, 5.74) is 4.22. The summed E-state index contributed by atoms with van der Waals surface area (Å²) < 4.78 is 0.